The van der Waals surface area contributed by atoms with Crippen molar-refractivity contribution in [3.63, 3.8) is 0 Å². The van der Waals surface area contributed by atoms with Crippen LogP contribution in [0.3, 0.4) is 0 Å². The lowest BCUT2D eigenvalue weighted by Gasteiger charge is -2.33. The third kappa shape index (κ3) is 9.33. The summed E-state index contributed by atoms with van der Waals surface area (Å²) in [6.45, 7) is 1.64. The first-order valence-electron chi connectivity index (χ1n) is 12.9. The molecule has 12 heteroatoms. The second kappa shape index (κ2) is 14.9. The minimum absolute atomic E-state index is 0.00346. The molecule has 1 N–H and O–H groups in total. The summed E-state index contributed by atoms with van der Waals surface area (Å²) in [7, 11) is -4.02. The molecule has 3 aromatic rings. The first-order valence-corrected chi connectivity index (χ1v) is 15.9. The van der Waals surface area contributed by atoms with Crippen LogP contribution in [0, 0.1) is 5.82 Å². The Labute approximate surface area is 255 Å². The van der Waals surface area contributed by atoms with Gasteiger partial charge in [0.15, 0.2) is 0 Å². The van der Waals surface area contributed by atoms with Gasteiger partial charge >= 0.3 is 0 Å². The first kappa shape index (κ1) is 32.7. The Morgan fingerprint density at radius 1 is 0.976 bits per heavy atom. The molecule has 0 aliphatic heterocycles. The van der Waals surface area contributed by atoms with E-state index in [1.165, 1.54) is 17.0 Å². The van der Waals surface area contributed by atoms with Crippen molar-refractivity contribution in [3.05, 3.63) is 98.7 Å². The molecule has 0 fully saturated rings. The van der Waals surface area contributed by atoms with Crippen molar-refractivity contribution >= 4 is 62.3 Å². The van der Waals surface area contributed by atoms with Crippen molar-refractivity contribution in [3.8, 4) is 0 Å². The van der Waals surface area contributed by atoms with Gasteiger partial charge in [-0.15, -0.1) is 0 Å². The van der Waals surface area contributed by atoms with Gasteiger partial charge in [-0.05, 0) is 47.9 Å². The minimum atomic E-state index is -4.02. The highest BCUT2D eigenvalue weighted by Gasteiger charge is 2.33. The summed E-state index contributed by atoms with van der Waals surface area (Å²) in [6, 6.07) is 16.3. The number of amides is 2. The number of carbonyl (C=O) groups excluding carboxylic acids is 2. The molecule has 41 heavy (non-hydrogen) atoms. The number of anilines is 1. The Morgan fingerprint density at radius 3 is 2.29 bits per heavy atom. The van der Waals surface area contributed by atoms with Gasteiger partial charge in [-0.3, -0.25) is 13.9 Å². The number of halogens is 4. The van der Waals surface area contributed by atoms with Gasteiger partial charge in [-0.1, -0.05) is 84.5 Å². The van der Waals surface area contributed by atoms with Gasteiger partial charge in [0.25, 0.3) is 0 Å². The van der Waals surface area contributed by atoms with Gasteiger partial charge in [-0.25, -0.2) is 12.8 Å². The van der Waals surface area contributed by atoms with Crippen molar-refractivity contribution in [2.24, 2.45) is 0 Å². The molecule has 3 aromatic carbocycles. The third-order valence-corrected chi connectivity index (χ3v) is 8.34. The molecule has 3 rings (SSSR count). The lowest BCUT2D eigenvalue weighted by atomic mass is 10.0. The van der Waals surface area contributed by atoms with E-state index in [0.29, 0.717) is 17.1 Å². The van der Waals surface area contributed by atoms with Gasteiger partial charge in [0.05, 0.1) is 17.0 Å². The number of unbranched alkanes of at least 4 members (excludes halogenated alkanes) is 1. The van der Waals surface area contributed by atoms with Crippen molar-refractivity contribution in [1.82, 2.24) is 10.2 Å². The van der Waals surface area contributed by atoms with Crippen LogP contribution in [-0.2, 0) is 32.6 Å². The van der Waals surface area contributed by atoms with Gasteiger partial charge < -0.3 is 10.2 Å². The molecule has 0 aliphatic carbocycles. The third-order valence-electron chi connectivity index (χ3n) is 6.33. The molecule has 7 nitrogen and oxygen atoms in total. The number of hydrogen-bond acceptors (Lipinski definition) is 4. The van der Waals surface area contributed by atoms with Crippen LogP contribution in [0.15, 0.2) is 66.7 Å². The molecule has 0 saturated carbocycles. The highest BCUT2D eigenvalue weighted by atomic mass is 35.5. The normalized spacial score (nSPS) is 12.0. The number of nitrogens with one attached hydrogen (secondary N) is 1. The maximum absolute atomic E-state index is 14.0. The second-order valence-corrected chi connectivity index (χ2v) is 12.6. The average molecular weight is 643 g/mol. The van der Waals surface area contributed by atoms with Crippen molar-refractivity contribution in [2.75, 3.05) is 23.7 Å². The number of nitrogens with zero attached hydrogens (tertiary/aromatic N) is 2. The lowest BCUT2D eigenvalue weighted by molar-refractivity contribution is -0.140. The van der Waals surface area contributed by atoms with Crippen LogP contribution < -0.4 is 9.62 Å². The predicted molar refractivity (Wildman–Crippen MR) is 162 cm³/mol. The van der Waals surface area contributed by atoms with E-state index in [1.54, 1.807) is 12.1 Å². The topological polar surface area (TPSA) is 86.8 Å². The quantitative estimate of drug-likeness (QED) is 0.228. The lowest BCUT2D eigenvalue weighted by Crippen LogP contribution is -2.53. The Morgan fingerprint density at radius 2 is 1.68 bits per heavy atom. The summed E-state index contributed by atoms with van der Waals surface area (Å²) in [5.74, 6) is -1.80. The Balaban J connectivity index is 2.07. The monoisotopic (exact) mass is 641 g/mol. The number of sulfonamides is 1. The fourth-order valence-electron chi connectivity index (χ4n) is 4.15. The van der Waals surface area contributed by atoms with Crippen LogP contribution in [0.5, 0.6) is 0 Å². The average Bonchev–Trinajstić information content (AvgIpc) is 2.92. The van der Waals surface area contributed by atoms with Crippen molar-refractivity contribution in [1.29, 1.82) is 0 Å². The zero-order valence-corrected chi connectivity index (χ0v) is 25.7. The molecule has 0 radical (unpaired) electrons. The predicted octanol–water partition coefficient (Wildman–Crippen LogP) is 6.11. The maximum Gasteiger partial charge on any atom is 0.244 e. The molecule has 0 unspecified atom stereocenters. The van der Waals surface area contributed by atoms with E-state index in [9.17, 15) is 22.4 Å². The SMILES string of the molecule is CCCCNC(=O)[C@H](Cc1ccccc1)N(Cc1ccc(Cl)cc1Cl)C(=O)CN(c1ccc(F)c(Cl)c1)S(C)(=O)=O. The molecular weight excluding hydrogens is 612 g/mol. The molecule has 2 amide bonds. The summed E-state index contributed by atoms with van der Waals surface area (Å²) in [5.41, 5.74) is 1.32. The number of rotatable bonds is 13. The summed E-state index contributed by atoms with van der Waals surface area (Å²) in [5, 5.41) is 3.28. The van der Waals surface area contributed by atoms with Crippen LogP contribution in [0.1, 0.15) is 30.9 Å². The molecule has 0 aliphatic rings. The number of hydrogen-bond donors (Lipinski definition) is 1. The first-order chi connectivity index (χ1) is 19.4. The summed E-state index contributed by atoms with van der Waals surface area (Å²) in [4.78, 5) is 28.9. The van der Waals surface area contributed by atoms with Crippen LogP contribution in [0.25, 0.3) is 0 Å². The van der Waals surface area contributed by atoms with Gasteiger partial charge in [0.2, 0.25) is 21.8 Å². The van der Waals surface area contributed by atoms with E-state index in [4.69, 9.17) is 34.8 Å². The molecule has 220 valence electrons. The standard InChI is InChI=1S/C29H31Cl3FN3O4S/c1-3-4-14-34-29(38)27(15-20-8-6-5-7-9-20)35(18-21-10-11-22(30)16-24(21)31)28(37)19-36(41(2,39)40)23-12-13-26(33)25(32)17-23/h5-13,16-17,27H,3-4,14-15,18-19H2,1-2H3,(H,34,38)/t27-/m0/s1. The van der Waals surface area contributed by atoms with E-state index in [0.717, 1.165) is 41.1 Å². The molecule has 0 bridgehead atoms. The van der Waals surface area contributed by atoms with Gasteiger partial charge in [-0.2, -0.15) is 0 Å². The molecule has 0 saturated heterocycles. The van der Waals surface area contributed by atoms with Gasteiger partial charge in [0, 0.05) is 29.6 Å². The van der Waals surface area contributed by atoms with E-state index in [1.807, 2.05) is 37.3 Å². The van der Waals surface area contributed by atoms with E-state index in [2.05, 4.69) is 5.32 Å². The van der Waals surface area contributed by atoms with Crippen LogP contribution in [0.2, 0.25) is 15.1 Å². The fraction of sp³-hybridized carbons (Fsp3) is 0.310. The van der Waals surface area contributed by atoms with E-state index < -0.39 is 40.2 Å². The molecular formula is C29H31Cl3FN3O4S. The highest BCUT2D eigenvalue weighted by molar-refractivity contribution is 7.92. The van der Waals surface area contributed by atoms with Crippen LogP contribution in [0.4, 0.5) is 10.1 Å². The Bertz CT molecular complexity index is 1480. The minimum Gasteiger partial charge on any atom is -0.354 e. The van der Waals surface area contributed by atoms with E-state index in [-0.39, 0.29) is 28.7 Å². The van der Waals surface area contributed by atoms with Crippen LogP contribution in [-0.4, -0.2) is 50.5 Å². The van der Waals surface area contributed by atoms with Gasteiger partial charge in [0.1, 0.15) is 18.4 Å². The number of benzene rings is 3. The zero-order valence-electron chi connectivity index (χ0n) is 22.6. The van der Waals surface area contributed by atoms with Crippen LogP contribution >= 0.6 is 34.8 Å². The highest BCUT2D eigenvalue weighted by Crippen LogP contribution is 2.27. The second-order valence-electron chi connectivity index (χ2n) is 9.48. The molecule has 1 atom stereocenters. The summed E-state index contributed by atoms with van der Waals surface area (Å²) < 4.78 is 40.3. The fourth-order valence-corrected chi connectivity index (χ4v) is 5.63. The maximum atomic E-state index is 14.0. The van der Waals surface area contributed by atoms with Crippen molar-refractivity contribution < 1.29 is 22.4 Å². The smallest absolute Gasteiger partial charge is 0.244 e. The summed E-state index contributed by atoms with van der Waals surface area (Å²) >= 11 is 18.4. The van der Waals surface area contributed by atoms with Crippen molar-refractivity contribution in [2.45, 2.75) is 38.8 Å². The summed E-state index contributed by atoms with van der Waals surface area (Å²) in [6.07, 6.45) is 2.69. The molecule has 0 heterocycles. The number of carbonyl (C=O) groups is 2. The molecule has 0 aromatic heterocycles. The zero-order chi connectivity index (χ0) is 30.2. The Kier molecular flexibility index (Phi) is 11.8. The largest absolute Gasteiger partial charge is 0.354 e. The van der Waals surface area contributed by atoms with E-state index >= 15 is 0 Å². The molecule has 0 spiro atoms. The Hall–Kier alpha value is -2.85.